The fraction of sp³-hybridized carbons (Fsp3) is 0.462. The van der Waals surface area contributed by atoms with Gasteiger partial charge in [0.05, 0.1) is 0 Å². The molecule has 1 fully saturated rings. The van der Waals surface area contributed by atoms with E-state index in [9.17, 15) is 26.4 Å². The van der Waals surface area contributed by atoms with E-state index in [0.29, 0.717) is 16.4 Å². The lowest BCUT2D eigenvalue weighted by Crippen LogP contribution is -2.37. The smallest absolute Gasteiger partial charge is 0.318 e. The highest BCUT2D eigenvalue weighted by Crippen LogP contribution is 2.32. The first-order valence-corrected chi connectivity index (χ1v) is 7.95. The molecule has 0 heterocycles. The maximum atomic E-state index is 13.8. The van der Waals surface area contributed by atoms with Gasteiger partial charge in [-0.3, -0.25) is 4.79 Å². The van der Waals surface area contributed by atoms with Crippen molar-refractivity contribution in [2.45, 2.75) is 24.2 Å². The fourth-order valence-corrected chi connectivity index (χ4v) is 3.54. The van der Waals surface area contributed by atoms with Gasteiger partial charge in [-0.2, -0.15) is 4.31 Å². The van der Waals surface area contributed by atoms with Crippen LogP contribution in [0.3, 0.4) is 0 Å². The van der Waals surface area contributed by atoms with E-state index in [1.165, 1.54) is 0 Å². The van der Waals surface area contributed by atoms with Crippen LogP contribution in [0.15, 0.2) is 23.1 Å². The van der Waals surface area contributed by atoms with Crippen molar-refractivity contribution < 1.29 is 31.5 Å². The number of carboxylic acid groups (broad SMARTS) is 1. The highest BCUT2D eigenvalue weighted by Gasteiger charge is 2.34. The third-order valence-electron chi connectivity index (χ3n) is 3.30. The minimum absolute atomic E-state index is 0.0236. The molecule has 0 unspecified atom stereocenters. The Hall–Kier alpha value is -1.61. The first kappa shape index (κ1) is 16.8. The third kappa shape index (κ3) is 3.77. The van der Waals surface area contributed by atoms with E-state index in [0.717, 1.165) is 18.9 Å². The molecule has 1 aliphatic carbocycles. The summed E-state index contributed by atoms with van der Waals surface area (Å²) >= 11 is 0. The van der Waals surface area contributed by atoms with Gasteiger partial charge in [-0.25, -0.2) is 21.6 Å². The molecule has 1 N–H and O–H groups in total. The van der Waals surface area contributed by atoms with Gasteiger partial charge in [0.15, 0.2) is 0 Å². The summed E-state index contributed by atoms with van der Waals surface area (Å²) in [6.07, 6.45) is -1.44. The van der Waals surface area contributed by atoms with E-state index in [1.54, 1.807) is 0 Å². The second kappa shape index (κ2) is 6.25. The number of hydrogen-bond donors (Lipinski definition) is 1. The molecule has 0 radical (unpaired) electrons. The van der Waals surface area contributed by atoms with Crippen LogP contribution in [0.25, 0.3) is 0 Å². The van der Waals surface area contributed by atoms with Crippen molar-refractivity contribution in [3.8, 4) is 0 Å². The van der Waals surface area contributed by atoms with E-state index in [1.807, 2.05) is 0 Å². The van der Waals surface area contributed by atoms with Crippen molar-refractivity contribution in [2.24, 2.45) is 5.92 Å². The van der Waals surface area contributed by atoms with Gasteiger partial charge >= 0.3 is 5.97 Å². The summed E-state index contributed by atoms with van der Waals surface area (Å²) in [5.41, 5.74) is -0.637. The van der Waals surface area contributed by atoms with Crippen molar-refractivity contribution in [3.05, 3.63) is 29.6 Å². The molecular weight excluding hydrogens is 323 g/mol. The molecule has 1 saturated carbocycles. The molecule has 22 heavy (non-hydrogen) atoms. The Morgan fingerprint density at radius 1 is 1.36 bits per heavy atom. The molecule has 0 bridgehead atoms. The Labute approximate surface area is 125 Å². The lowest BCUT2D eigenvalue weighted by Gasteiger charge is -2.20. The topological polar surface area (TPSA) is 74.7 Å². The number of nitrogens with zero attached hydrogens (tertiary/aromatic N) is 1. The first-order valence-electron chi connectivity index (χ1n) is 6.51. The van der Waals surface area contributed by atoms with E-state index < -0.39 is 45.2 Å². The number of sulfonamides is 1. The average molecular weight is 337 g/mol. The Morgan fingerprint density at radius 2 is 2.00 bits per heavy atom. The molecule has 0 aliphatic heterocycles. The zero-order valence-electron chi connectivity index (χ0n) is 11.4. The van der Waals surface area contributed by atoms with Crippen LogP contribution in [0.4, 0.5) is 13.2 Å². The summed E-state index contributed by atoms with van der Waals surface area (Å²) < 4.78 is 64.6. The molecule has 122 valence electrons. The van der Waals surface area contributed by atoms with Crippen molar-refractivity contribution in [3.63, 3.8) is 0 Å². The van der Waals surface area contributed by atoms with Gasteiger partial charge in [-0.1, -0.05) is 6.07 Å². The lowest BCUT2D eigenvalue weighted by molar-refractivity contribution is -0.137. The molecule has 0 aromatic heterocycles. The second-order valence-corrected chi connectivity index (χ2v) is 7.03. The predicted molar refractivity (Wildman–Crippen MR) is 70.5 cm³/mol. The molecule has 0 spiro atoms. The Kier molecular flexibility index (Phi) is 4.76. The molecule has 1 aromatic rings. The maximum Gasteiger partial charge on any atom is 0.318 e. The number of carbonyl (C=O) groups is 1. The summed E-state index contributed by atoms with van der Waals surface area (Å²) in [6.45, 7) is -0.899. The van der Waals surface area contributed by atoms with Crippen molar-refractivity contribution in [2.75, 3.05) is 13.1 Å². The maximum absolute atomic E-state index is 13.8. The number of hydrogen-bond acceptors (Lipinski definition) is 3. The molecule has 0 atom stereocenters. The van der Waals surface area contributed by atoms with E-state index >= 15 is 0 Å². The van der Waals surface area contributed by atoms with Gasteiger partial charge in [-0.05, 0) is 30.9 Å². The standard InChI is InChI=1S/C13H14F3NO4S/c14-10-4-3-9(13(15)16)5-11(10)22(20,21)17(7-12(18)19)6-8-1-2-8/h3-5,8,13H,1-2,6-7H2,(H,18,19). The first-order chi connectivity index (χ1) is 10.2. The molecular formula is C13H14F3NO4S. The summed E-state index contributed by atoms with van der Waals surface area (Å²) in [4.78, 5) is 9.91. The Morgan fingerprint density at radius 3 is 2.50 bits per heavy atom. The van der Waals surface area contributed by atoms with Crippen LogP contribution in [-0.4, -0.2) is 36.9 Å². The van der Waals surface area contributed by atoms with Crippen LogP contribution in [-0.2, 0) is 14.8 Å². The number of carboxylic acids is 1. The Bertz CT molecular complexity index is 674. The SMILES string of the molecule is O=C(O)CN(CC1CC1)S(=O)(=O)c1cc(C(F)F)ccc1F. The van der Waals surface area contributed by atoms with Crippen LogP contribution in [0.5, 0.6) is 0 Å². The largest absolute Gasteiger partial charge is 0.480 e. The van der Waals surface area contributed by atoms with E-state index in [2.05, 4.69) is 0 Å². The van der Waals surface area contributed by atoms with E-state index in [4.69, 9.17) is 5.11 Å². The summed E-state index contributed by atoms with van der Waals surface area (Å²) in [7, 11) is -4.49. The molecule has 0 saturated heterocycles. The van der Waals surface area contributed by atoms with Gasteiger partial charge < -0.3 is 5.11 Å². The zero-order chi connectivity index (χ0) is 16.5. The highest BCUT2D eigenvalue weighted by molar-refractivity contribution is 7.89. The van der Waals surface area contributed by atoms with Gasteiger partial charge in [0.1, 0.15) is 17.3 Å². The van der Waals surface area contributed by atoms with Gasteiger partial charge in [0, 0.05) is 12.1 Å². The van der Waals surface area contributed by atoms with Gasteiger partial charge in [0.2, 0.25) is 10.0 Å². The minimum atomic E-state index is -4.49. The van der Waals surface area contributed by atoms with Crippen LogP contribution in [0.2, 0.25) is 0 Å². The second-order valence-electron chi connectivity index (χ2n) is 5.13. The number of rotatable bonds is 7. The van der Waals surface area contributed by atoms with Crippen molar-refractivity contribution in [1.29, 1.82) is 0 Å². The van der Waals surface area contributed by atoms with E-state index in [-0.39, 0.29) is 12.5 Å². The number of aliphatic carboxylic acids is 1. The van der Waals surface area contributed by atoms with Crippen molar-refractivity contribution in [1.82, 2.24) is 4.31 Å². The molecule has 0 amide bonds. The quantitative estimate of drug-likeness (QED) is 0.828. The molecule has 5 nitrogen and oxygen atoms in total. The van der Waals surface area contributed by atoms with Gasteiger partial charge in [-0.15, -0.1) is 0 Å². The molecule has 1 aromatic carbocycles. The van der Waals surface area contributed by atoms with Crippen molar-refractivity contribution >= 4 is 16.0 Å². The zero-order valence-corrected chi connectivity index (χ0v) is 12.2. The highest BCUT2D eigenvalue weighted by atomic mass is 32.2. The molecule has 2 rings (SSSR count). The number of halogens is 3. The normalized spacial score (nSPS) is 15.5. The predicted octanol–water partition coefficient (Wildman–Crippen LogP) is 2.25. The average Bonchev–Trinajstić information content (AvgIpc) is 3.21. The summed E-state index contributed by atoms with van der Waals surface area (Å²) in [5.74, 6) is -2.55. The van der Waals surface area contributed by atoms with Crippen LogP contribution >= 0.6 is 0 Å². The fourth-order valence-electron chi connectivity index (χ4n) is 1.98. The minimum Gasteiger partial charge on any atom is -0.480 e. The van der Waals surface area contributed by atoms with Crippen LogP contribution in [0.1, 0.15) is 24.8 Å². The van der Waals surface area contributed by atoms with Crippen LogP contribution in [0, 0.1) is 11.7 Å². The monoisotopic (exact) mass is 337 g/mol. The number of benzene rings is 1. The number of alkyl halides is 2. The lowest BCUT2D eigenvalue weighted by atomic mass is 10.2. The Balaban J connectivity index is 2.41. The van der Waals surface area contributed by atoms with Crippen LogP contribution < -0.4 is 0 Å². The molecule has 9 heteroatoms. The summed E-state index contributed by atoms with van der Waals surface area (Å²) in [5, 5.41) is 8.82. The summed E-state index contributed by atoms with van der Waals surface area (Å²) in [6, 6.07) is 1.99. The third-order valence-corrected chi connectivity index (χ3v) is 5.12. The molecule has 1 aliphatic rings. The van der Waals surface area contributed by atoms with Gasteiger partial charge in [0.25, 0.3) is 6.43 Å².